The summed E-state index contributed by atoms with van der Waals surface area (Å²) in [5.74, 6) is 6.32. The molecule has 0 aromatic carbocycles. The van der Waals surface area contributed by atoms with Gasteiger partial charge in [-0.25, -0.2) is 0 Å². The number of nitrogens with one attached hydrogen (secondary N) is 1. The van der Waals surface area contributed by atoms with Crippen LogP contribution in [0.25, 0.3) is 0 Å². The minimum absolute atomic E-state index is 0.0697. The first kappa shape index (κ1) is 14.9. The predicted molar refractivity (Wildman–Crippen MR) is 72.6 cm³/mol. The van der Waals surface area contributed by atoms with Crippen LogP contribution in [-0.4, -0.2) is 18.8 Å². The van der Waals surface area contributed by atoms with Crippen LogP contribution in [0.1, 0.15) is 59.8 Å². The molecular formula is C14H30N2O. The van der Waals surface area contributed by atoms with Gasteiger partial charge in [0, 0.05) is 7.11 Å². The molecule has 0 spiro atoms. The lowest BCUT2D eigenvalue weighted by Crippen LogP contribution is -2.59. The zero-order valence-corrected chi connectivity index (χ0v) is 12.2. The fourth-order valence-electron chi connectivity index (χ4n) is 3.06. The molecule has 3 heteroatoms. The van der Waals surface area contributed by atoms with E-state index in [9.17, 15) is 0 Å². The minimum atomic E-state index is -0.0697. The van der Waals surface area contributed by atoms with Gasteiger partial charge in [-0.1, -0.05) is 34.1 Å². The number of methoxy groups -OCH3 is 1. The van der Waals surface area contributed by atoms with E-state index in [4.69, 9.17) is 10.6 Å². The molecule has 0 aromatic rings. The molecule has 2 unspecified atom stereocenters. The Kier molecular flexibility index (Phi) is 4.99. The third kappa shape index (κ3) is 3.21. The molecule has 0 aromatic heterocycles. The lowest BCUT2D eigenvalue weighted by Gasteiger charge is -2.48. The SMILES string of the molecule is CCC(C)C(NN)C1(OC)CCC(C)(C)CC1. The van der Waals surface area contributed by atoms with Gasteiger partial charge in [0.25, 0.3) is 0 Å². The van der Waals surface area contributed by atoms with Gasteiger partial charge in [-0.15, -0.1) is 0 Å². The second kappa shape index (κ2) is 5.68. The van der Waals surface area contributed by atoms with E-state index in [1.54, 1.807) is 0 Å². The normalized spacial score (nSPS) is 26.5. The van der Waals surface area contributed by atoms with Crippen molar-refractivity contribution in [3.63, 3.8) is 0 Å². The summed E-state index contributed by atoms with van der Waals surface area (Å²) in [6.07, 6.45) is 5.78. The molecule has 0 bridgehead atoms. The second-order valence-corrected chi connectivity index (χ2v) is 6.46. The van der Waals surface area contributed by atoms with E-state index >= 15 is 0 Å². The molecule has 0 amide bonds. The molecular weight excluding hydrogens is 212 g/mol. The third-order valence-corrected chi connectivity index (χ3v) is 4.82. The Bertz CT molecular complexity index is 230. The fraction of sp³-hybridized carbons (Fsp3) is 1.00. The van der Waals surface area contributed by atoms with Gasteiger partial charge in [0.1, 0.15) is 0 Å². The van der Waals surface area contributed by atoms with Crippen LogP contribution in [0.15, 0.2) is 0 Å². The maximum atomic E-state index is 5.91. The molecule has 1 fully saturated rings. The molecule has 2 atom stereocenters. The van der Waals surface area contributed by atoms with E-state index in [-0.39, 0.29) is 11.6 Å². The highest BCUT2D eigenvalue weighted by Gasteiger charge is 2.45. The van der Waals surface area contributed by atoms with Crippen LogP contribution >= 0.6 is 0 Å². The van der Waals surface area contributed by atoms with Crippen molar-refractivity contribution in [3.05, 3.63) is 0 Å². The fourth-order valence-corrected chi connectivity index (χ4v) is 3.06. The Morgan fingerprint density at radius 1 is 1.24 bits per heavy atom. The van der Waals surface area contributed by atoms with E-state index in [0.29, 0.717) is 11.3 Å². The first-order valence-corrected chi connectivity index (χ1v) is 6.92. The molecule has 0 saturated heterocycles. The van der Waals surface area contributed by atoms with Gasteiger partial charge >= 0.3 is 0 Å². The molecule has 1 saturated carbocycles. The van der Waals surface area contributed by atoms with Gasteiger partial charge in [-0.05, 0) is 37.0 Å². The number of hydrogen-bond donors (Lipinski definition) is 2. The van der Waals surface area contributed by atoms with E-state index in [2.05, 4.69) is 33.1 Å². The van der Waals surface area contributed by atoms with Crippen LogP contribution in [-0.2, 0) is 4.74 Å². The van der Waals surface area contributed by atoms with Crippen molar-refractivity contribution < 1.29 is 4.74 Å². The van der Waals surface area contributed by atoms with Crippen molar-refractivity contribution in [1.82, 2.24) is 5.43 Å². The smallest absolute Gasteiger partial charge is 0.0847 e. The molecule has 1 aliphatic carbocycles. The van der Waals surface area contributed by atoms with Crippen molar-refractivity contribution in [2.75, 3.05) is 7.11 Å². The quantitative estimate of drug-likeness (QED) is 0.575. The summed E-state index contributed by atoms with van der Waals surface area (Å²) in [5, 5.41) is 0. The predicted octanol–water partition coefficient (Wildman–Crippen LogP) is 2.85. The number of hydrogen-bond acceptors (Lipinski definition) is 3. The summed E-state index contributed by atoms with van der Waals surface area (Å²) in [6, 6.07) is 0.258. The van der Waals surface area contributed by atoms with Crippen molar-refractivity contribution in [2.24, 2.45) is 17.2 Å². The highest BCUT2D eigenvalue weighted by atomic mass is 16.5. The third-order valence-electron chi connectivity index (χ3n) is 4.82. The maximum Gasteiger partial charge on any atom is 0.0847 e. The van der Waals surface area contributed by atoms with Crippen molar-refractivity contribution in [1.29, 1.82) is 0 Å². The Balaban J connectivity index is 2.81. The van der Waals surface area contributed by atoms with Crippen LogP contribution in [0, 0.1) is 11.3 Å². The molecule has 3 nitrogen and oxygen atoms in total. The summed E-state index contributed by atoms with van der Waals surface area (Å²) in [4.78, 5) is 0. The lowest BCUT2D eigenvalue weighted by atomic mass is 9.66. The van der Waals surface area contributed by atoms with Crippen LogP contribution in [0.5, 0.6) is 0 Å². The number of hydrazine groups is 1. The molecule has 1 rings (SSSR count). The number of ether oxygens (including phenoxy) is 1. The molecule has 1 aliphatic rings. The minimum Gasteiger partial charge on any atom is -0.377 e. The molecule has 17 heavy (non-hydrogen) atoms. The lowest BCUT2D eigenvalue weighted by molar-refractivity contribution is -0.0977. The van der Waals surface area contributed by atoms with Crippen LogP contribution < -0.4 is 11.3 Å². The van der Waals surface area contributed by atoms with Crippen LogP contribution in [0.4, 0.5) is 0 Å². The topological polar surface area (TPSA) is 47.3 Å². The van der Waals surface area contributed by atoms with Crippen LogP contribution in [0.3, 0.4) is 0 Å². The highest BCUT2D eigenvalue weighted by Crippen LogP contribution is 2.44. The van der Waals surface area contributed by atoms with Gasteiger partial charge in [-0.2, -0.15) is 0 Å². The van der Waals surface area contributed by atoms with E-state index < -0.39 is 0 Å². The van der Waals surface area contributed by atoms with Crippen molar-refractivity contribution >= 4 is 0 Å². The molecule has 0 aliphatic heterocycles. The summed E-state index contributed by atoms with van der Waals surface area (Å²) in [5.41, 5.74) is 3.40. The van der Waals surface area contributed by atoms with E-state index in [1.807, 2.05) is 7.11 Å². The molecule has 3 N–H and O–H groups in total. The van der Waals surface area contributed by atoms with Gasteiger partial charge < -0.3 is 4.74 Å². The maximum absolute atomic E-state index is 5.91. The van der Waals surface area contributed by atoms with E-state index in [0.717, 1.165) is 19.3 Å². The summed E-state index contributed by atoms with van der Waals surface area (Å²) < 4.78 is 5.91. The van der Waals surface area contributed by atoms with Crippen molar-refractivity contribution in [2.45, 2.75) is 71.4 Å². The van der Waals surface area contributed by atoms with Gasteiger partial charge in [-0.3, -0.25) is 11.3 Å². The molecule has 0 heterocycles. The van der Waals surface area contributed by atoms with Gasteiger partial charge in [0.05, 0.1) is 11.6 Å². The average Bonchev–Trinajstić information content (AvgIpc) is 2.32. The summed E-state index contributed by atoms with van der Waals surface area (Å²) >= 11 is 0. The highest BCUT2D eigenvalue weighted by molar-refractivity contribution is 4.99. The molecule has 0 radical (unpaired) electrons. The first-order valence-electron chi connectivity index (χ1n) is 6.92. The number of rotatable bonds is 5. The Hall–Kier alpha value is -0.120. The zero-order chi connectivity index (χ0) is 13.1. The number of nitrogens with two attached hydrogens (primary N) is 1. The van der Waals surface area contributed by atoms with Gasteiger partial charge in [0.2, 0.25) is 0 Å². The van der Waals surface area contributed by atoms with E-state index in [1.165, 1.54) is 12.8 Å². The largest absolute Gasteiger partial charge is 0.377 e. The summed E-state index contributed by atoms with van der Waals surface area (Å²) in [7, 11) is 1.84. The summed E-state index contributed by atoms with van der Waals surface area (Å²) in [6.45, 7) is 9.16. The molecule has 102 valence electrons. The monoisotopic (exact) mass is 242 g/mol. The Morgan fingerprint density at radius 2 is 1.76 bits per heavy atom. The van der Waals surface area contributed by atoms with Crippen molar-refractivity contribution in [3.8, 4) is 0 Å². The average molecular weight is 242 g/mol. The van der Waals surface area contributed by atoms with Crippen LogP contribution in [0.2, 0.25) is 0 Å². The second-order valence-electron chi connectivity index (χ2n) is 6.46. The Morgan fingerprint density at radius 3 is 2.12 bits per heavy atom. The first-order chi connectivity index (χ1) is 7.90. The van der Waals surface area contributed by atoms with Gasteiger partial charge in [0.15, 0.2) is 0 Å². The zero-order valence-electron chi connectivity index (χ0n) is 12.2. The Labute approximate surface area is 106 Å². The standard InChI is InChI=1S/C14H30N2O/c1-6-11(2)12(16-15)14(17-5)9-7-13(3,4)8-10-14/h11-12,16H,6-10,15H2,1-5H3.